The Balaban J connectivity index is 2.34. The summed E-state index contributed by atoms with van der Waals surface area (Å²) < 4.78 is 0. The predicted octanol–water partition coefficient (Wildman–Crippen LogP) is 2.06. The molecular formula is C10H14O2. The van der Waals surface area contributed by atoms with E-state index >= 15 is 0 Å². The van der Waals surface area contributed by atoms with Gasteiger partial charge in [-0.15, -0.1) is 0 Å². The smallest absolute Gasteiger partial charge is 0.310 e. The second kappa shape index (κ2) is 2.12. The number of carbonyl (C=O) groups is 1. The van der Waals surface area contributed by atoms with Crippen LogP contribution in [-0.4, -0.2) is 11.1 Å². The molecule has 66 valence electrons. The lowest BCUT2D eigenvalue weighted by atomic mass is 9.48. The third kappa shape index (κ3) is 0.680. The normalized spacial score (nSPS) is 44.7. The van der Waals surface area contributed by atoms with Crippen molar-refractivity contribution < 1.29 is 9.90 Å². The lowest BCUT2D eigenvalue weighted by Gasteiger charge is -2.54. The molecule has 0 saturated heterocycles. The molecular weight excluding hydrogens is 152 g/mol. The summed E-state index contributed by atoms with van der Waals surface area (Å²) in [6, 6.07) is 0. The number of rotatable bonds is 1. The summed E-state index contributed by atoms with van der Waals surface area (Å²) >= 11 is 0. The van der Waals surface area contributed by atoms with Crippen LogP contribution in [0.15, 0.2) is 11.6 Å². The van der Waals surface area contributed by atoms with Gasteiger partial charge in [-0.25, -0.2) is 0 Å². The quantitative estimate of drug-likeness (QED) is 0.605. The molecule has 3 aliphatic rings. The van der Waals surface area contributed by atoms with Crippen LogP contribution in [0, 0.1) is 17.3 Å². The van der Waals surface area contributed by atoms with Crippen LogP contribution in [0.5, 0.6) is 0 Å². The number of carboxylic acid groups (broad SMARTS) is 1. The van der Waals surface area contributed by atoms with Crippen molar-refractivity contribution >= 4 is 5.97 Å². The first kappa shape index (κ1) is 7.84. The molecule has 0 aromatic carbocycles. The lowest BCUT2D eigenvalue weighted by molar-refractivity contribution is -0.166. The second-order valence-corrected chi connectivity index (χ2v) is 4.26. The summed E-state index contributed by atoms with van der Waals surface area (Å²) in [7, 11) is 0. The summed E-state index contributed by atoms with van der Waals surface area (Å²) in [5.41, 5.74) is 0.834. The van der Waals surface area contributed by atoms with Crippen LogP contribution in [0.3, 0.4) is 0 Å². The van der Waals surface area contributed by atoms with E-state index < -0.39 is 11.4 Å². The minimum atomic E-state index is -0.615. The molecule has 0 heterocycles. The van der Waals surface area contributed by atoms with Crippen molar-refractivity contribution in [1.29, 1.82) is 0 Å². The summed E-state index contributed by atoms with van der Waals surface area (Å²) in [4.78, 5) is 11.0. The van der Waals surface area contributed by atoms with Gasteiger partial charge < -0.3 is 5.11 Å². The molecule has 3 unspecified atom stereocenters. The zero-order valence-corrected chi connectivity index (χ0v) is 7.50. The first-order valence-electron chi connectivity index (χ1n) is 4.47. The number of aliphatic carboxylic acids is 1. The zero-order chi connectivity index (χ0) is 8.93. The molecule has 3 atom stereocenters. The fraction of sp³-hybridized carbons (Fsp3) is 0.700. The SMILES string of the molecule is CC1=CCC2CC1C2(C)C(=O)O. The van der Waals surface area contributed by atoms with Crippen molar-refractivity contribution in [2.75, 3.05) is 0 Å². The molecule has 2 nitrogen and oxygen atoms in total. The van der Waals surface area contributed by atoms with Crippen molar-refractivity contribution in [2.45, 2.75) is 26.7 Å². The highest BCUT2D eigenvalue weighted by Crippen LogP contribution is 2.59. The number of allylic oxidation sites excluding steroid dienone is 2. The van der Waals surface area contributed by atoms with Gasteiger partial charge in [-0.3, -0.25) is 4.79 Å². The molecule has 0 aromatic rings. The van der Waals surface area contributed by atoms with E-state index in [2.05, 4.69) is 13.0 Å². The Morgan fingerprint density at radius 1 is 1.75 bits per heavy atom. The van der Waals surface area contributed by atoms with Crippen molar-refractivity contribution in [3.8, 4) is 0 Å². The second-order valence-electron chi connectivity index (χ2n) is 4.26. The Morgan fingerprint density at radius 3 is 2.75 bits per heavy atom. The maximum Gasteiger partial charge on any atom is 0.310 e. The Bertz CT molecular complexity index is 267. The van der Waals surface area contributed by atoms with Gasteiger partial charge in [0.1, 0.15) is 0 Å². The van der Waals surface area contributed by atoms with Crippen LogP contribution in [-0.2, 0) is 4.79 Å². The average Bonchev–Trinajstić information content (AvgIpc) is 2.02. The maximum absolute atomic E-state index is 11.0. The molecule has 0 aromatic heterocycles. The van der Waals surface area contributed by atoms with Gasteiger partial charge in [0.2, 0.25) is 0 Å². The van der Waals surface area contributed by atoms with Crippen molar-refractivity contribution in [1.82, 2.24) is 0 Å². The number of carboxylic acids is 1. The van der Waals surface area contributed by atoms with Gasteiger partial charge in [0, 0.05) is 0 Å². The summed E-state index contributed by atoms with van der Waals surface area (Å²) in [5.74, 6) is 0.0913. The molecule has 2 bridgehead atoms. The first-order valence-corrected chi connectivity index (χ1v) is 4.47. The third-order valence-corrected chi connectivity index (χ3v) is 3.83. The van der Waals surface area contributed by atoms with Gasteiger partial charge in [-0.2, -0.15) is 0 Å². The third-order valence-electron chi connectivity index (χ3n) is 3.83. The Hall–Kier alpha value is -0.790. The fourth-order valence-electron chi connectivity index (χ4n) is 2.69. The summed E-state index contributed by atoms with van der Waals surface area (Å²) in [6.45, 7) is 3.95. The van der Waals surface area contributed by atoms with Crippen molar-refractivity contribution in [2.24, 2.45) is 17.3 Å². The highest BCUT2D eigenvalue weighted by atomic mass is 16.4. The fourth-order valence-corrected chi connectivity index (χ4v) is 2.69. The molecule has 1 fully saturated rings. The Kier molecular flexibility index (Phi) is 1.39. The van der Waals surface area contributed by atoms with Crippen LogP contribution in [0.2, 0.25) is 0 Å². The largest absolute Gasteiger partial charge is 0.481 e. The van der Waals surface area contributed by atoms with Gasteiger partial charge in [0.25, 0.3) is 0 Å². The topological polar surface area (TPSA) is 37.3 Å². The van der Waals surface area contributed by atoms with E-state index in [-0.39, 0.29) is 0 Å². The highest BCUT2D eigenvalue weighted by Gasteiger charge is 2.58. The van der Waals surface area contributed by atoms with Crippen LogP contribution in [0.1, 0.15) is 26.7 Å². The molecule has 0 aliphatic heterocycles. The average molecular weight is 166 g/mol. The molecule has 2 heteroatoms. The molecule has 0 radical (unpaired) electrons. The van der Waals surface area contributed by atoms with Gasteiger partial charge in [0.15, 0.2) is 0 Å². The molecule has 0 amide bonds. The molecule has 1 N–H and O–H groups in total. The molecule has 3 rings (SSSR count). The van der Waals surface area contributed by atoms with E-state index in [0.29, 0.717) is 11.8 Å². The van der Waals surface area contributed by atoms with Crippen molar-refractivity contribution in [3.63, 3.8) is 0 Å². The highest BCUT2D eigenvalue weighted by molar-refractivity contribution is 5.77. The Morgan fingerprint density at radius 2 is 2.42 bits per heavy atom. The van der Waals surface area contributed by atoms with E-state index in [0.717, 1.165) is 12.8 Å². The standard InChI is InChI=1S/C10H14O2/c1-6-3-4-7-5-8(6)10(7,2)9(11)12/h3,7-8H,4-5H2,1-2H3,(H,11,12). The summed E-state index contributed by atoms with van der Waals surface area (Å²) in [6.07, 6.45) is 4.25. The predicted molar refractivity (Wildman–Crippen MR) is 45.7 cm³/mol. The summed E-state index contributed by atoms with van der Waals surface area (Å²) in [5, 5.41) is 9.09. The van der Waals surface area contributed by atoms with Crippen LogP contribution < -0.4 is 0 Å². The minimum Gasteiger partial charge on any atom is -0.481 e. The number of hydrogen-bond acceptors (Lipinski definition) is 1. The monoisotopic (exact) mass is 166 g/mol. The van der Waals surface area contributed by atoms with E-state index in [1.165, 1.54) is 5.57 Å². The maximum atomic E-state index is 11.0. The van der Waals surface area contributed by atoms with Crippen LogP contribution >= 0.6 is 0 Å². The Labute approximate surface area is 72.3 Å². The molecule has 12 heavy (non-hydrogen) atoms. The number of fused-ring (bicyclic) bond motifs is 1. The van der Waals surface area contributed by atoms with E-state index in [4.69, 9.17) is 5.11 Å². The minimum absolute atomic E-state index is 0.314. The van der Waals surface area contributed by atoms with Gasteiger partial charge in [-0.05, 0) is 38.5 Å². The first-order chi connectivity index (χ1) is 5.56. The van der Waals surface area contributed by atoms with Gasteiger partial charge in [-0.1, -0.05) is 11.6 Å². The van der Waals surface area contributed by atoms with Gasteiger partial charge in [0.05, 0.1) is 5.41 Å². The van der Waals surface area contributed by atoms with E-state index in [9.17, 15) is 4.79 Å². The molecule has 0 spiro atoms. The van der Waals surface area contributed by atoms with Crippen molar-refractivity contribution in [3.05, 3.63) is 11.6 Å². The van der Waals surface area contributed by atoms with Crippen LogP contribution in [0.4, 0.5) is 0 Å². The van der Waals surface area contributed by atoms with E-state index in [1.807, 2.05) is 6.92 Å². The molecule has 3 aliphatic carbocycles. The van der Waals surface area contributed by atoms with E-state index in [1.54, 1.807) is 0 Å². The molecule has 1 saturated carbocycles. The van der Waals surface area contributed by atoms with Crippen LogP contribution in [0.25, 0.3) is 0 Å². The number of hydrogen-bond donors (Lipinski definition) is 1. The lowest BCUT2D eigenvalue weighted by Crippen LogP contribution is -2.54. The van der Waals surface area contributed by atoms with Gasteiger partial charge >= 0.3 is 5.97 Å². The zero-order valence-electron chi connectivity index (χ0n) is 7.50.